The number of imidazole rings is 1. The van der Waals surface area contributed by atoms with E-state index in [9.17, 15) is 4.79 Å². The van der Waals surface area contributed by atoms with Crippen molar-refractivity contribution in [2.24, 2.45) is 0 Å². The summed E-state index contributed by atoms with van der Waals surface area (Å²) >= 11 is 0. The molecule has 1 fully saturated rings. The average Bonchev–Trinajstić information content (AvgIpc) is 3.07. The van der Waals surface area contributed by atoms with Gasteiger partial charge in [0.25, 0.3) is 0 Å². The molecule has 21 heavy (non-hydrogen) atoms. The summed E-state index contributed by atoms with van der Waals surface area (Å²) in [7, 11) is 1.61. The number of carboxylic acid groups (broad SMARTS) is 1. The van der Waals surface area contributed by atoms with Crippen molar-refractivity contribution >= 4 is 17.0 Å². The van der Waals surface area contributed by atoms with Gasteiger partial charge in [-0.3, -0.25) is 9.69 Å². The Hall–Kier alpha value is -2.08. The first-order valence-corrected chi connectivity index (χ1v) is 7.14. The van der Waals surface area contributed by atoms with Crippen molar-refractivity contribution in [1.29, 1.82) is 0 Å². The summed E-state index contributed by atoms with van der Waals surface area (Å²) < 4.78 is 7.00. The lowest BCUT2D eigenvalue weighted by Crippen LogP contribution is -2.22. The smallest absolute Gasteiger partial charge is 0.323 e. The van der Waals surface area contributed by atoms with Crippen LogP contribution in [0.5, 0.6) is 5.75 Å². The molecule has 0 amide bonds. The summed E-state index contributed by atoms with van der Waals surface area (Å²) in [5.74, 6) is 0.686. The Morgan fingerprint density at radius 3 is 2.81 bits per heavy atom. The molecule has 0 radical (unpaired) electrons. The van der Waals surface area contributed by atoms with Crippen LogP contribution in [0.1, 0.15) is 18.7 Å². The van der Waals surface area contributed by atoms with Gasteiger partial charge in [-0.25, -0.2) is 4.98 Å². The number of benzene rings is 1. The predicted molar refractivity (Wildman–Crippen MR) is 78.4 cm³/mol. The first-order valence-electron chi connectivity index (χ1n) is 7.14. The van der Waals surface area contributed by atoms with Crippen LogP contribution in [-0.4, -0.2) is 45.7 Å². The van der Waals surface area contributed by atoms with Crippen LogP contribution in [-0.2, 0) is 17.9 Å². The molecule has 3 rings (SSSR count). The molecule has 1 saturated heterocycles. The second-order valence-electron chi connectivity index (χ2n) is 5.35. The van der Waals surface area contributed by atoms with Gasteiger partial charge in [0.2, 0.25) is 0 Å². The minimum atomic E-state index is -0.854. The molecule has 0 spiro atoms. The van der Waals surface area contributed by atoms with E-state index in [1.807, 2.05) is 18.2 Å². The number of hydrogen-bond donors (Lipinski definition) is 1. The minimum absolute atomic E-state index is 0.0635. The maximum absolute atomic E-state index is 11.1. The molecule has 0 saturated carbocycles. The van der Waals surface area contributed by atoms with Gasteiger partial charge in [0, 0.05) is 6.07 Å². The summed E-state index contributed by atoms with van der Waals surface area (Å²) in [4.78, 5) is 18.1. The Morgan fingerprint density at radius 1 is 1.38 bits per heavy atom. The van der Waals surface area contributed by atoms with Crippen molar-refractivity contribution in [2.75, 3.05) is 20.2 Å². The van der Waals surface area contributed by atoms with E-state index in [0.29, 0.717) is 6.54 Å². The topological polar surface area (TPSA) is 67.6 Å². The van der Waals surface area contributed by atoms with Crippen LogP contribution in [0.25, 0.3) is 11.0 Å². The Morgan fingerprint density at radius 2 is 2.14 bits per heavy atom. The molecule has 1 aliphatic heterocycles. The third-order valence-electron chi connectivity index (χ3n) is 3.89. The standard InChI is InChI=1S/C15H19N3O3/c1-21-11-4-5-13-12(8-11)16-14(18(13)10-15(19)20)9-17-6-2-3-7-17/h4-5,8H,2-3,6-7,9-10H2,1H3,(H,19,20). The number of likely N-dealkylation sites (tertiary alicyclic amines) is 1. The van der Waals surface area contributed by atoms with Crippen molar-refractivity contribution in [3.63, 3.8) is 0 Å². The molecule has 0 aliphatic carbocycles. The summed E-state index contributed by atoms with van der Waals surface area (Å²) in [5.41, 5.74) is 1.62. The van der Waals surface area contributed by atoms with Crippen LogP contribution in [0.3, 0.4) is 0 Å². The number of carbonyl (C=O) groups is 1. The Labute approximate surface area is 122 Å². The largest absolute Gasteiger partial charge is 0.497 e. The monoisotopic (exact) mass is 289 g/mol. The van der Waals surface area contributed by atoms with E-state index in [1.165, 1.54) is 12.8 Å². The fraction of sp³-hybridized carbons (Fsp3) is 0.467. The van der Waals surface area contributed by atoms with Crippen molar-refractivity contribution in [2.45, 2.75) is 25.9 Å². The van der Waals surface area contributed by atoms with E-state index in [-0.39, 0.29) is 6.54 Å². The Kier molecular flexibility index (Phi) is 3.79. The van der Waals surface area contributed by atoms with E-state index in [4.69, 9.17) is 9.84 Å². The number of aliphatic carboxylic acids is 1. The summed E-state index contributed by atoms with van der Waals surface area (Å²) in [5, 5.41) is 9.14. The SMILES string of the molecule is COc1ccc2c(c1)nc(CN1CCCC1)n2CC(=O)O. The summed E-state index contributed by atoms with van der Waals surface area (Å²) in [6.45, 7) is 2.75. The van der Waals surface area contributed by atoms with Crippen LogP contribution in [0, 0.1) is 0 Å². The molecule has 0 atom stereocenters. The highest BCUT2D eigenvalue weighted by Gasteiger charge is 2.18. The van der Waals surface area contributed by atoms with Gasteiger partial charge in [-0.05, 0) is 38.1 Å². The number of rotatable bonds is 5. The highest BCUT2D eigenvalue weighted by atomic mass is 16.5. The van der Waals surface area contributed by atoms with Gasteiger partial charge in [-0.15, -0.1) is 0 Å². The fourth-order valence-corrected chi connectivity index (χ4v) is 2.86. The Bertz CT molecular complexity index is 659. The van der Waals surface area contributed by atoms with Gasteiger partial charge >= 0.3 is 5.97 Å². The molecule has 0 unspecified atom stereocenters. The molecule has 1 N–H and O–H groups in total. The number of ether oxygens (including phenoxy) is 1. The minimum Gasteiger partial charge on any atom is -0.497 e. The van der Waals surface area contributed by atoms with Crippen molar-refractivity contribution in [3.05, 3.63) is 24.0 Å². The van der Waals surface area contributed by atoms with E-state index < -0.39 is 5.97 Å². The number of carboxylic acids is 1. The Balaban J connectivity index is 2.00. The lowest BCUT2D eigenvalue weighted by atomic mass is 10.3. The van der Waals surface area contributed by atoms with Crippen LogP contribution >= 0.6 is 0 Å². The average molecular weight is 289 g/mol. The second-order valence-corrected chi connectivity index (χ2v) is 5.35. The van der Waals surface area contributed by atoms with Gasteiger partial charge < -0.3 is 14.4 Å². The quantitative estimate of drug-likeness (QED) is 0.908. The number of nitrogens with zero attached hydrogens (tertiary/aromatic N) is 3. The van der Waals surface area contributed by atoms with E-state index >= 15 is 0 Å². The lowest BCUT2D eigenvalue weighted by Gasteiger charge is -2.15. The highest BCUT2D eigenvalue weighted by molar-refractivity contribution is 5.79. The molecule has 1 aromatic carbocycles. The van der Waals surface area contributed by atoms with E-state index in [0.717, 1.165) is 35.7 Å². The van der Waals surface area contributed by atoms with Gasteiger partial charge in [-0.1, -0.05) is 0 Å². The lowest BCUT2D eigenvalue weighted by molar-refractivity contribution is -0.137. The predicted octanol–water partition coefficient (Wildman–Crippen LogP) is 1.73. The van der Waals surface area contributed by atoms with Crippen molar-refractivity contribution in [1.82, 2.24) is 14.5 Å². The van der Waals surface area contributed by atoms with Gasteiger partial charge in [-0.2, -0.15) is 0 Å². The van der Waals surface area contributed by atoms with Crippen molar-refractivity contribution < 1.29 is 14.6 Å². The maximum Gasteiger partial charge on any atom is 0.323 e. The first-order chi connectivity index (χ1) is 10.2. The molecule has 6 nitrogen and oxygen atoms in total. The molecule has 2 heterocycles. The molecular weight excluding hydrogens is 270 g/mol. The van der Waals surface area contributed by atoms with Crippen LogP contribution in [0.2, 0.25) is 0 Å². The molecule has 6 heteroatoms. The van der Waals surface area contributed by atoms with E-state index in [1.54, 1.807) is 11.7 Å². The van der Waals surface area contributed by atoms with Gasteiger partial charge in [0.15, 0.2) is 0 Å². The first kappa shape index (κ1) is 13.9. The maximum atomic E-state index is 11.1. The zero-order valence-electron chi connectivity index (χ0n) is 12.1. The zero-order valence-corrected chi connectivity index (χ0v) is 12.1. The highest BCUT2D eigenvalue weighted by Crippen LogP contribution is 2.23. The number of hydrogen-bond acceptors (Lipinski definition) is 4. The molecule has 1 aliphatic rings. The van der Waals surface area contributed by atoms with Crippen LogP contribution < -0.4 is 4.74 Å². The van der Waals surface area contributed by atoms with Gasteiger partial charge in [0.1, 0.15) is 18.1 Å². The van der Waals surface area contributed by atoms with Gasteiger partial charge in [0.05, 0.1) is 24.7 Å². The molecule has 2 aromatic rings. The summed E-state index contributed by atoms with van der Waals surface area (Å²) in [6, 6.07) is 5.56. The fourth-order valence-electron chi connectivity index (χ4n) is 2.86. The number of aromatic nitrogens is 2. The number of fused-ring (bicyclic) bond motifs is 1. The third-order valence-corrected chi connectivity index (χ3v) is 3.89. The normalized spacial score (nSPS) is 15.7. The molecule has 0 bridgehead atoms. The summed E-state index contributed by atoms with van der Waals surface area (Å²) in [6.07, 6.45) is 2.40. The van der Waals surface area contributed by atoms with E-state index in [2.05, 4.69) is 9.88 Å². The van der Waals surface area contributed by atoms with Crippen LogP contribution in [0.15, 0.2) is 18.2 Å². The molecule has 1 aromatic heterocycles. The molecular formula is C15H19N3O3. The number of methoxy groups -OCH3 is 1. The van der Waals surface area contributed by atoms with Crippen LogP contribution in [0.4, 0.5) is 0 Å². The molecule has 112 valence electrons. The zero-order chi connectivity index (χ0) is 14.8. The third kappa shape index (κ3) is 2.85. The second kappa shape index (κ2) is 5.73. The van der Waals surface area contributed by atoms with Crippen molar-refractivity contribution in [3.8, 4) is 5.75 Å².